The van der Waals surface area contributed by atoms with Crippen LogP contribution >= 0.6 is 11.6 Å². The van der Waals surface area contributed by atoms with E-state index in [-0.39, 0.29) is 42.4 Å². The predicted octanol–water partition coefficient (Wildman–Crippen LogP) is 4.03. The van der Waals surface area contributed by atoms with Crippen molar-refractivity contribution in [2.24, 2.45) is 0 Å². The quantitative estimate of drug-likeness (QED) is 0.685. The van der Waals surface area contributed by atoms with Crippen molar-refractivity contribution in [3.05, 3.63) is 63.4 Å². The van der Waals surface area contributed by atoms with Gasteiger partial charge < -0.3 is 15.4 Å². The number of rotatable bonds is 3. The minimum absolute atomic E-state index is 0.0282. The van der Waals surface area contributed by atoms with Crippen LogP contribution in [0.15, 0.2) is 30.3 Å². The second kappa shape index (κ2) is 8.03. The first kappa shape index (κ1) is 21.4. The van der Waals surface area contributed by atoms with E-state index < -0.39 is 40.4 Å². The fraction of sp³-hybridized carbons (Fsp3) is 0.333. The summed E-state index contributed by atoms with van der Waals surface area (Å²) in [6.45, 7) is 0.376. The van der Waals surface area contributed by atoms with Crippen LogP contribution in [0.2, 0.25) is 5.02 Å². The van der Waals surface area contributed by atoms with Gasteiger partial charge in [-0.25, -0.2) is 4.39 Å². The molecule has 2 atom stereocenters. The Morgan fingerprint density at radius 1 is 1.19 bits per heavy atom. The summed E-state index contributed by atoms with van der Waals surface area (Å²) in [6, 6.07) is 5.19. The third kappa shape index (κ3) is 4.32. The molecule has 2 heterocycles. The van der Waals surface area contributed by atoms with E-state index in [1.165, 1.54) is 12.1 Å². The van der Waals surface area contributed by atoms with Gasteiger partial charge in [0.25, 0.3) is 5.91 Å². The van der Waals surface area contributed by atoms with E-state index in [9.17, 15) is 27.2 Å². The average molecular weight is 457 g/mol. The number of hydrogen-bond donors (Lipinski definition) is 2. The van der Waals surface area contributed by atoms with Gasteiger partial charge >= 0.3 is 6.18 Å². The standard InChI is InChI=1S/C21H17ClF4N2O3/c22-17-8-15(20(30)28-11-6-19(29)27-9-11)14(7-16(17)21(24,25)26)12-3-4-31-18-5-10(23)1-2-13(12)18/h1-2,5,7-8,11-12H,3-4,6,9H2,(H,27,29)(H,28,30). The molecule has 2 aromatic carbocycles. The maximum atomic E-state index is 13.6. The van der Waals surface area contributed by atoms with Crippen LogP contribution < -0.4 is 15.4 Å². The molecule has 0 spiro atoms. The number of carbonyl (C=O) groups excluding carboxylic acids is 2. The van der Waals surface area contributed by atoms with Gasteiger partial charge in [0.15, 0.2) is 0 Å². The molecular formula is C21H17ClF4N2O3. The largest absolute Gasteiger partial charge is 0.493 e. The number of halogens is 5. The zero-order chi connectivity index (χ0) is 22.3. The maximum absolute atomic E-state index is 13.6. The fourth-order valence-corrected chi connectivity index (χ4v) is 4.22. The highest BCUT2D eigenvalue weighted by Gasteiger charge is 2.37. The molecule has 2 aliphatic rings. The van der Waals surface area contributed by atoms with E-state index in [4.69, 9.17) is 16.3 Å². The first-order valence-corrected chi connectivity index (χ1v) is 9.91. The van der Waals surface area contributed by atoms with Crippen LogP contribution in [-0.4, -0.2) is 31.0 Å². The monoisotopic (exact) mass is 456 g/mol. The summed E-state index contributed by atoms with van der Waals surface area (Å²) in [4.78, 5) is 24.4. The van der Waals surface area contributed by atoms with Crippen molar-refractivity contribution in [1.29, 1.82) is 0 Å². The zero-order valence-electron chi connectivity index (χ0n) is 16.0. The minimum Gasteiger partial charge on any atom is -0.493 e. The molecule has 2 aromatic rings. The maximum Gasteiger partial charge on any atom is 0.417 e. The van der Waals surface area contributed by atoms with Crippen LogP contribution in [0.3, 0.4) is 0 Å². The van der Waals surface area contributed by atoms with Crippen molar-refractivity contribution in [3.63, 3.8) is 0 Å². The Kier molecular flexibility index (Phi) is 5.55. The lowest BCUT2D eigenvalue weighted by atomic mass is 9.83. The van der Waals surface area contributed by atoms with Crippen LogP contribution in [-0.2, 0) is 11.0 Å². The van der Waals surface area contributed by atoms with Gasteiger partial charge in [0.1, 0.15) is 11.6 Å². The highest BCUT2D eigenvalue weighted by atomic mass is 35.5. The number of nitrogens with one attached hydrogen (secondary N) is 2. The molecule has 10 heteroatoms. The van der Waals surface area contributed by atoms with Gasteiger partial charge in [-0.05, 0) is 30.2 Å². The lowest BCUT2D eigenvalue weighted by molar-refractivity contribution is -0.137. The normalized spacial score (nSPS) is 20.6. The van der Waals surface area contributed by atoms with Crippen LogP contribution in [0.25, 0.3) is 0 Å². The Morgan fingerprint density at radius 2 is 1.97 bits per heavy atom. The third-order valence-corrected chi connectivity index (χ3v) is 5.71. The number of hydrogen-bond acceptors (Lipinski definition) is 3. The molecule has 2 amide bonds. The van der Waals surface area contributed by atoms with Crippen LogP contribution in [0.5, 0.6) is 5.75 Å². The van der Waals surface area contributed by atoms with Gasteiger partial charge in [0, 0.05) is 36.1 Å². The second-order valence-corrected chi connectivity index (χ2v) is 7.87. The smallest absolute Gasteiger partial charge is 0.417 e. The zero-order valence-corrected chi connectivity index (χ0v) is 16.7. The Bertz CT molecular complexity index is 1060. The van der Waals surface area contributed by atoms with E-state index in [0.717, 1.165) is 18.2 Å². The van der Waals surface area contributed by atoms with Crippen LogP contribution in [0, 0.1) is 5.82 Å². The van der Waals surface area contributed by atoms with Crippen molar-refractivity contribution in [2.45, 2.75) is 31.0 Å². The van der Waals surface area contributed by atoms with Crippen molar-refractivity contribution >= 4 is 23.4 Å². The third-order valence-electron chi connectivity index (χ3n) is 5.39. The molecule has 2 N–H and O–H groups in total. The molecule has 1 fully saturated rings. The molecule has 0 aromatic heterocycles. The van der Waals surface area contributed by atoms with E-state index >= 15 is 0 Å². The Balaban J connectivity index is 1.80. The Labute approximate surface area is 179 Å². The predicted molar refractivity (Wildman–Crippen MR) is 104 cm³/mol. The molecule has 1 saturated heterocycles. The van der Waals surface area contributed by atoms with Crippen molar-refractivity contribution in [1.82, 2.24) is 10.6 Å². The molecule has 2 unspecified atom stereocenters. The second-order valence-electron chi connectivity index (χ2n) is 7.47. The molecule has 0 saturated carbocycles. The lowest BCUT2D eigenvalue weighted by Crippen LogP contribution is -2.37. The molecule has 0 bridgehead atoms. The number of carbonyl (C=O) groups is 2. The molecular weight excluding hydrogens is 440 g/mol. The van der Waals surface area contributed by atoms with Gasteiger partial charge in [-0.15, -0.1) is 0 Å². The molecule has 31 heavy (non-hydrogen) atoms. The van der Waals surface area contributed by atoms with Gasteiger partial charge in [-0.2, -0.15) is 13.2 Å². The SMILES string of the molecule is O=C1CC(NC(=O)c2cc(Cl)c(C(F)(F)F)cc2C2CCOc3cc(F)ccc32)CN1. The van der Waals surface area contributed by atoms with Gasteiger partial charge in [-0.3, -0.25) is 9.59 Å². The van der Waals surface area contributed by atoms with E-state index in [1.807, 2.05) is 0 Å². The number of fused-ring (bicyclic) bond motifs is 1. The highest BCUT2D eigenvalue weighted by molar-refractivity contribution is 6.32. The van der Waals surface area contributed by atoms with Crippen LogP contribution in [0.1, 0.15) is 45.8 Å². The average Bonchev–Trinajstić information content (AvgIpc) is 3.10. The van der Waals surface area contributed by atoms with Crippen LogP contribution in [0.4, 0.5) is 17.6 Å². The van der Waals surface area contributed by atoms with Crippen molar-refractivity contribution in [2.75, 3.05) is 13.2 Å². The summed E-state index contributed by atoms with van der Waals surface area (Å²) in [5.41, 5.74) is -0.495. The van der Waals surface area contributed by atoms with Gasteiger partial charge in [0.05, 0.1) is 23.2 Å². The number of alkyl halides is 3. The molecule has 164 valence electrons. The summed E-state index contributed by atoms with van der Waals surface area (Å²) in [6.07, 6.45) is -4.35. The molecule has 5 nitrogen and oxygen atoms in total. The summed E-state index contributed by atoms with van der Waals surface area (Å²) >= 11 is 5.89. The Morgan fingerprint density at radius 3 is 2.65 bits per heavy atom. The minimum atomic E-state index is -4.72. The Hall–Kier alpha value is -2.81. The first-order chi connectivity index (χ1) is 14.6. The molecule has 0 radical (unpaired) electrons. The van der Waals surface area contributed by atoms with Crippen molar-refractivity contribution in [3.8, 4) is 5.75 Å². The fourth-order valence-electron chi connectivity index (χ4n) is 3.95. The highest BCUT2D eigenvalue weighted by Crippen LogP contribution is 2.43. The molecule has 4 rings (SSSR count). The first-order valence-electron chi connectivity index (χ1n) is 9.54. The van der Waals surface area contributed by atoms with Gasteiger partial charge in [-0.1, -0.05) is 17.7 Å². The summed E-state index contributed by atoms with van der Waals surface area (Å²) in [5.74, 6) is -1.81. The van der Waals surface area contributed by atoms with E-state index in [0.29, 0.717) is 12.0 Å². The number of benzene rings is 2. The lowest BCUT2D eigenvalue weighted by Gasteiger charge is -2.28. The molecule has 0 aliphatic carbocycles. The number of ether oxygens (including phenoxy) is 1. The van der Waals surface area contributed by atoms with E-state index in [2.05, 4.69) is 10.6 Å². The van der Waals surface area contributed by atoms with Crippen molar-refractivity contribution < 1.29 is 31.9 Å². The van der Waals surface area contributed by atoms with E-state index in [1.54, 1.807) is 0 Å². The summed E-state index contributed by atoms with van der Waals surface area (Å²) < 4.78 is 59.7. The molecule has 2 aliphatic heterocycles. The topological polar surface area (TPSA) is 67.4 Å². The number of amides is 2. The summed E-state index contributed by atoms with van der Waals surface area (Å²) in [7, 11) is 0. The van der Waals surface area contributed by atoms with Gasteiger partial charge in [0.2, 0.25) is 5.91 Å². The summed E-state index contributed by atoms with van der Waals surface area (Å²) in [5, 5.41) is 4.65.